The Balaban J connectivity index is 1.19. The van der Waals surface area contributed by atoms with Gasteiger partial charge in [-0.1, -0.05) is 181 Å². The van der Waals surface area contributed by atoms with E-state index in [1.165, 1.54) is 65.7 Å². The second kappa shape index (κ2) is 12.9. The van der Waals surface area contributed by atoms with E-state index in [1.54, 1.807) is 0 Å². The molecule has 0 saturated carbocycles. The van der Waals surface area contributed by atoms with E-state index in [0.717, 1.165) is 22.6 Å². The lowest BCUT2D eigenvalue weighted by Gasteiger charge is -2.18. The molecule has 0 saturated heterocycles. The quantitative estimate of drug-likeness (QED) is 0.123. The number of aromatic nitrogens is 2. The molecule has 10 rings (SSSR count). The van der Waals surface area contributed by atoms with Crippen molar-refractivity contribution in [3.8, 4) is 56.0 Å². The van der Waals surface area contributed by atoms with Crippen LogP contribution in [-0.4, -0.2) is 4.68 Å². The highest BCUT2D eigenvalue weighted by molar-refractivity contribution is 6.21. The van der Waals surface area contributed by atoms with E-state index >= 15 is 0 Å². The minimum absolute atomic E-state index is 1.08. The molecule has 0 N–H and O–H groups in total. The fourth-order valence-corrected chi connectivity index (χ4v) is 8.05. The van der Waals surface area contributed by atoms with Crippen molar-refractivity contribution in [2.24, 2.45) is 0 Å². The summed E-state index contributed by atoms with van der Waals surface area (Å²) in [6.45, 7) is 0. The van der Waals surface area contributed by atoms with Gasteiger partial charge in [0.25, 0.3) is 0 Å². The monoisotopic (exact) mass is 675 g/mol. The van der Waals surface area contributed by atoms with E-state index in [4.69, 9.17) is 0 Å². The Morgan fingerprint density at radius 3 is 1.42 bits per heavy atom. The highest BCUT2D eigenvalue weighted by Crippen LogP contribution is 2.44. The third-order valence-electron chi connectivity index (χ3n) is 10.5. The van der Waals surface area contributed by atoms with Crippen LogP contribution in [0.25, 0.3) is 88.3 Å². The summed E-state index contributed by atoms with van der Waals surface area (Å²) in [5, 5.41) is 7.51. The van der Waals surface area contributed by atoms with Crippen LogP contribution in [-0.2, 0) is 0 Å². The van der Waals surface area contributed by atoms with Gasteiger partial charge in [0.2, 0.25) is 11.9 Å². The summed E-state index contributed by atoms with van der Waals surface area (Å²) in [7, 11) is 0. The van der Waals surface area contributed by atoms with Crippen molar-refractivity contribution in [1.82, 2.24) is 4.68 Å². The molecular formula is C51H35N2+. The van der Waals surface area contributed by atoms with Gasteiger partial charge >= 0.3 is 0 Å². The third kappa shape index (κ3) is 5.32. The Bertz CT molecular complexity index is 2850. The number of para-hydroxylation sites is 1. The van der Waals surface area contributed by atoms with Gasteiger partial charge in [0, 0.05) is 17.7 Å². The summed E-state index contributed by atoms with van der Waals surface area (Å²) in [5.74, 6) is 0. The van der Waals surface area contributed by atoms with Crippen LogP contribution in [0.2, 0.25) is 0 Å². The van der Waals surface area contributed by atoms with Crippen LogP contribution in [0.4, 0.5) is 0 Å². The van der Waals surface area contributed by atoms with Crippen LogP contribution >= 0.6 is 0 Å². The molecule has 0 fully saturated rings. The van der Waals surface area contributed by atoms with Gasteiger partial charge in [-0.25, -0.2) is 0 Å². The van der Waals surface area contributed by atoms with Crippen LogP contribution in [0.1, 0.15) is 0 Å². The number of hydrogen-bond donors (Lipinski definition) is 0. The predicted octanol–water partition coefficient (Wildman–Crippen LogP) is 12.9. The van der Waals surface area contributed by atoms with E-state index in [1.807, 2.05) is 0 Å². The molecule has 53 heavy (non-hydrogen) atoms. The molecule has 0 aliphatic rings. The fraction of sp³-hybridized carbons (Fsp3) is 0. The van der Waals surface area contributed by atoms with E-state index in [9.17, 15) is 0 Å². The van der Waals surface area contributed by atoms with E-state index in [0.29, 0.717) is 0 Å². The van der Waals surface area contributed by atoms with Gasteiger partial charge in [-0.3, -0.25) is 0 Å². The molecule has 9 aromatic carbocycles. The van der Waals surface area contributed by atoms with E-state index in [-0.39, 0.29) is 0 Å². The van der Waals surface area contributed by atoms with Gasteiger partial charge in [0.05, 0.1) is 5.56 Å². The van der Waals surface area contributed by atoms with Crippen molar-refractivity contribution < 1.29 is 4.68 Å². The number of hydrogen-bond acceptors (Lipinski definition) is 0. The molecule has 0 aliphatic carbocycles. The summed E-state index contributed by atoms with van der Waals surface area (Å²) in [4.78, 5) is 0. The molecule has 0 atom stereocenters. The zero-order chi connectivity index (χ0) is 35.1. The predicted molar refractivity (Wildman–Crippen MR) is 222 cm³/mol. The van der Waals surface area contributed by atoms with Crippen molar-refractivity contribution in [2.75, 3.05) is 0 Å². The normalized spacial score (nSPS) is 11.4. The topological polar surface area (TPSA) is 8.81 Å². The number of fused-ring (bicyclic) bond motifs is 3. The average molecular weight is 676 g/mol. The molecule has 0 aliphatic heterocycles. The van der Waals surface area contributed by atoms with Crippen LogP contribution in [0.15, 0.2) is 212 Å². The Kier molecular flexibility index (Phi) is 7.51. The zero-order valence-electron chi connectivity index (χ0n) is 29.1. The first-order chi connectivity index (χ1) is 26.3. The number of rotatable bonds is 6. The maximum absolute atomic E-state index is 2.36. The average Bonchev–Trinajstić information content (AvgIpc) is 3.64. The van der Waals surface area contributed by atoms with Crippen molar-refractivity contribution in [3.05, 3.63) is 212 Å². The lowest BCUT2D eigenvalue weighted by atomic mass is 9.85. The first kappa shape index (κ1) is 30.8. The minimum Gasteiger partial charge on any atom is -0.114 e. The molecule has 1 heterocycles. The molecular weight excluding hydrogens is 641 g/mol. The van der Waals surface area contributed by atoms with Gasteiger partial charge in [-0.15, -0.1) is 4.68 Å². The first-order valence-electron chi connectivity index (χ1n) is 18.2. The third-order valence-corrected chi connectivity index (χ3v) is 10.5. The standard InChI is InChI=1S/C51H35N2/c1-4-17-37(18-5-1)48-35-52(42-22-8-3-9-23-42)53(51(48)39-19-6-2-7-20-39)43-32-30-38(31-33-43)49-44-24-12-14-26-46(44)50(47-27-15-13-25-45(47)49)41-29-28-36-16-10-11-21-40(36)34-41/h1-35H/q+1. The van der Waals surface area contributed by atoms with Crippen molar-refractivity contribution in [3.63, 3.8) is 0 Å². The van der Waals surface area contributed by atoms with Crippen molar-refractivity contribution in [2.45, 2.75) is 0 Å². The molecule has 0 bridgehead atoms. The van der Waals surface area contributed by atoms with Crippen LogP contribution < -0.4 is 4.68 Å². The Hall–Kier alpha value is -7.03. The molecule has 1 aromatic heterocycles. The highest BCUT2D eigenvalue weighted by atomic mass is 15.4. The van der Waals surface area contributed by atoms with Crippen LogP contribution in [0, 0.1) is 0 Å². The summed E-state index contributed by atoms with van der Waals surface area (Å²) in [5.41, 5.74) is 11.8. The number of nitrogens with zero attached hydrogens (tertiary/aromatic N) is 2. The molecule has 0 unspecified atom stereocenters. The largest absolute Gasteiger partial charge is 0.236 e. The van der Waals surface area contributed by atoms with E-state index in [2.05, 4.69) is 222 Å². The molecule has 0 amide bonds. The first-order valence-corrected chi connectivity index (χ1v) is 18.2. The smallest absolute Gasteiger partial charge is 0.114 e. The molecule has 0 spiro atoms. The lowest BCUT2D eigenvalue weighted by Crippen LogP contribution is -2.39. The summed E-state index contributed by atoms with van der Waals surface area (Å²) >= 11 is 0. The van der Waals surface area contributed by atoms with Crippen LogP contribution in [0.5, 0.6) is 0 Å². The zero-order valence-corrected chi connectivity index (χ0v) is 29.1. The van der Waals surface area contributed by atoms with Gasteiger partial charge in [0.15, 0.2) is 0 Å². The highest BCUT2D eigenvalue weighted by Gasteiger charge is 2.27. The number of benzene rings is 9. The molecule has 10 aromatic rings. The van der Waals surface area contributed by atoms with Gasteiger partial charge < -0.3 is 0 Å². The van der Waals surface area contributed by atoms with Gasteiger partial charge in [-0.05, 0) is 78.3 Å². The Labute approximate surface area is 309 Å². The fourth-order valence-electron chi connectivity index (χ4n) is 8.05. The lowest BCUT2D eigenvalue weighted by molar-refractivity contribution is -0.673. The van der Waals surface area contributed by atoms with Crippen LogP contribution in [0.3, 0.4) is 0 Å². The maximum Gasteiger partial charge on any atom is 0.236 e. The van der Waals surface area contributed by atoms with Gasteiger partial charge in [-0.2, -0.15) is 0 Å². The van der Waals surface area contributed by atoms with E-state index < -0.39 is 0 Å². The second-order valence-electron chi connectivity index (χ2n) is 13.6. The second-order valence-corrected chi connectivity index (χ2v) is 13.6. The SMILES string of the molecule is c1ccc(-c2c[n+](-c3ccccc3)n(-c3ccc(-c4c5ccccc5c(-c5ccc6ccccc6c5)c5ccccc45)cc3)c2-c2ccccc2)cc1. The minimum atomic E-state index is 1.08. The van der Waals surface area contributed by atoms with Gasteiger partial charge in [0.1, 0.15) is 11.4 Å². The summed E-state index contributed by atoms with van der Waals surface area (Å²) in [6, 6.07) is 74.5. The molecule has 2 nitrogen and oxygen atoms in total. The Morgan fingerprint density at radius 2 is 0.811 bits per heavy atom. The summed E-state index contributed by atoms with van der Waals surface area (Å²) < 4.78 is 4.64. The summed E-state index contributed by atoms with van der Waals surface area (Å²) in [6.07, 6.45) is 2.27. The van der Waals surface area contributed by atoms with Crippen molar-refractivity contribution >= 4 is 32.3 Å². The maximum atomic E-state index is 2.36. The van der Waals surface area contributed by atoms with Crippen molar-refractivity contribution in [1.29, 1.82) is 0 Å². The molecule has 0 radical (unpaired) electrons. The Morgan fingerprint density at radius 1 is 0.340 bits per heavy atom. The molecule has 248 valence electrons. The molecule has 2 heteroatoms.